The van der Waals surface area contributed by atoms with Crippen LogP contribution in [0.15, 0.2) is 23.0 Å². The van der Waals surface area contributed by atoms with E-state index in [-0.39, 0.29) is 5.56 Å². The van der Waals surface area contributed by atoms with Gasteiger partial charge in [0, 0.05) is 4.88 Å². The van der Waals surface area contributed by atoms with Gasteiger partial charge < -0.3 is 14.5 Å². The van der Waals surface area contributed by atoms with Crippen LogP contribution in [0.4, 0.5) is 0 Å². The second-order valence-electron chi connectivity index (χ2n) is 6.64. The molecule has 0 bridgehead atoms. The average Bonchev–Trinajstić information content (AvgIpc) is 3.07. The Labute approximate surface area is 172 Å². The summed E-state index contributed by atoms with van der Waals surface area (Å²) in [6.07, 6.45) is 6.04. The van der Waals surface area contributed by atoms with Crippen molar-refractivity contribution in [2.45, 2.75) is 32.6 Å². The predicted octanol–water partition coefficient (Wildman–Crippen LogP) is 5.01. The molecular weight excluding hydrogens is 396 g/mol. The first kappa shape index (κ1) is 19.0. The molecule has 1 aliphatic rings. The lowest BCUT2D eigenvalue weighted by Crippen LogP contribution is -2.12. The Morgan fingerprint density at radius 3 is 2.93 bits per heavy atom. The molecule has 0 fully saturated rings. The number of benzene rings is 1. The zero-order chi connectivity index (χ0) is 19.7. The van der Waals surface area contributed by atoms with Crippen molar-refractivity contribution in [3.8, 4) is 11.5 Å². The number of nitrogens with one attached hydrogen (secondary N) is 1. The molecule has 3 aromatic rings. The average molecular weight is 417 g/mol. The zero-order valence-corrected chi connectivity index (χ0v) is 17.4. The normalized spacial score (nSPS) is 14.2. The molecule has 0 saturated heterocycles. The number of nitrogens with zero attached hydrogens (tertiary/aromatic N) is 1. The molecule has 2 aromatic heterocycles. The number of thiophene rings is 1. The number of ether oxygens (including phenoxy) is 2. The molecule has 4 rings (SSSR count). The summed E-state index contributed by atoms with van der Waals surface area (Å²) in [5.74, 6) is 1.69. The van der Waals surface area contributed by atoms with Crippen LogP contribution < -0.4 is 15.0 Å². The Kier molecular flexibility index (Phi) is 5.42. The first-order valence-corrected chi connectivity index (χ1v) is 10.5. The summed E-state index contributed by atoms with van der Waals surface area (Å²) in [6.45, 7) is 2.45. The molecule has 0 radical (unpaired) electrons. The highest BCUT2D eigenvalue weighted by atomic mass is 35.5. The van der Waals surface area contributed by atoms with E-state index in [1.165, 1.54) is 16.9 Å². The first-order chi connectivity index (χ1) is 13.6. The number of hydrogen-bond donors (Lipinski definition) is 1. The lowest BCUT2D eigenvalue weighted by atomic mass is 9.97. The van der Waals surface area contributed by atoms with Crippen LogP contribution in [-0.4, -0.2) is 23.7 Å². The molecule has 0 saturated carbocycles. The van der Waals surface area contributed by atoms with Crippen LogP contribution in [-0.2, 0) is 12.8 Å². The van der Waals surface area contributed by atoms with Gasteiger partial charge in [0.25, 0.3) is 5.56 Å². The Morgan fingerprint density at radius 1 is 1.32 bits per heavy atom. The maximum Gasteiger partial charge on any atom is 0.260 e. The van der Waals surface area contributed by atoms with Crippen molar-refractivity contribution in [1.29, 1.82) is 0 Å². The largest absolute Gasteiger partial charge is 0.493 e. The molecular formula is C21H21ClN2O3S. The molecule has 2 heterocycles. The second-order valence-corrected chi connectivity index (χ2v) is 8.13. The SMILES string of the molecule is CCOc1cc(/C=C(\Cl)c2nc3sc4c(c3c(=O)[nH]2)CCCC4)ccc1OC. The molecule has 0 aliphatic heterocycles. The van der Waals surface area contributed by atoms with Gasteiger partial charge in [-0.3, -0.25) is 4.79 Å². The van der Waals surface area contributed by atoms with Gasteiger partial charge >= 0.3 is 0 Å². The van der Waals surface area contributed by atoms with Crippen molar-refractivity contribution in [1.82, 2.24) is 9.97 Å². The first-order valence-electron chi connectivity index (χ1n) is 9.33. The van der Waals surface area contributed by atoms with Gasteiger partial charge in [0.15, 0.2) is 17.3 Å². The number of H-pyrrole nitrogens is 1. The molecule has 1 aliphatic carbocycles. The number of aromatic nitrogens is 2. The van der Waals surface area contributed by atoms with E-state index < -0.39 is 0 Å². The van der Waals surface area contributed by atoms with Gasteiger partial charge in [-0.15, -0.1) is 11.3 Å². The van der Waals surface area contributed by atoms with Crippen molar-refractivity contribution in [2.75, 3.05) is 13.7 Å². The van der Waals surface area contributed by atoms with Crippen LogP contribution >= 0.6 is 22.9 Å². The van der Waals surface area contributed by atoms with E-state index in [2.05, 4.69) is 9.97 Å². The van der Waals surface area contributed by atoms with E-state index in [0.717, 1.165) is 35.0 Å². The summed E-state index contributed by atoms with van der Waals surface area (Å²) >= 11 is 8.12. The topological polar surface area (TPSA) is 64.2 Å². The molecule has 5 nitrogen and oxygen atoms in total. The fraction of sp³-hybridized carbons (Fsp3) is 0.333. The zero-order valence-electron chi connectivity index (χ0n) is 15.8. The van der Waals surface area contributed by atoms with Crippen LogP contribution in [0, 0.1) is 0 Å². The molecule has 1 aromatic carbocycles. The van der Waals surface area contributed by atoms with Gasteiger partial charge in [0.1, 0.15) is 4.83 Å². The van der Waals surface area contributed by atoms with Crippen molar-refractivity contribution in [3.05, 3.63) is 50.4 Å². The van der Waals surface area contributed by atoms with Crippen LogP contribution in [0.3, 0.4) is 0 Å². The molecule has 0 spiro atoms. The summed E-state index contributed by atoms with van der Waals surface area (Å²) in [5.41, 5.74) is 1.89. The Hall–Kier alpha value is -2.31. The van der Waals surface area contributed by atoms with E-state index in [1.54, 1.807) is 24.5 Å². The fourth-order valence-corrected chi connectivity index (χ4v) is 5.02. The molecule has 7 heteroatoms. The Bertz CT molecular complexity index is 1120. The predicted molar refractivity (Wildman–Crippen MR) is 115 cm³/mol. The fourth-order valence-electron chi connectivity index (χ4n) is 3.54. The minimum absolute atomic E-state index is 0.115. The Morgan fingerprint density at radius 2 is 2.14 bits per heavy atom. The van der Waals surface area contributed by atoms with Crippen molar-refractivity contribution in [3.63, 3.8) is 0 Å². The summed E-state index contributed by atoms with van der Waals surface area (Å²) in [6, 6.07) is 5.56. The van der Waals surface area contributed by atoms with E-state index in [1.807, 2.05) is 25.1 Å². The summed E-state index contributed by atoms with van der Waals surface area (Å²) in [7, 11) is 1.60. The molecule has 0 unspecified atom stereocenters. The van der Waals surface area contributed by atoms with Gasteiger partial charge in [-0.2, -0.15) is 0 Å². The van der Waals surface area contributed by atoms with Crippen LogP contribution in [0.5, 0.6) is 11.5 Å². The highest BCUT2D eigenvalue weighted by molar-refractivity contribution is 7.18. The lowest BCUT2D eigenvalue weighted by Gasteiger charge is -2.10. The van der Waals surface area contributed by atoms with Crippen LogP contribution in [0.2, 0.25) is 0 Å². The van der Waals surface area contributed by atoms with E-state index in [9.17, 15) is 4.79 Å². The number of methoxy groups -OCH3 is 1. The van der Waals surface area contributed by atoms with Gasteiger partial charge in [-0.05, 0) is 61.9 Å². The molecule has 0 amide bonds. The quantitative estimate of drug-likeness (QED) is 0.635. The molecule has 0 atom stereocenters. The monoisotopic (exact) mass is 416 g/mol. The lowest BCUT2D eigenvalue weighted by molar-refractivity contribution is 0.311. The minimum Gasteiger partial charge on any atom is -0.493 e. The number of aryl methyl sites for hydroxylation is 2. The number of aromatic amines is 1. The summed E-state index contributed by atoms with van der Waals surface area (Å²) in [5, 5.41) is 1.11. The Balaban J connectivity index is 1.73. The van der Waals surface area contributed by atoms with Gasteiger partial charge in [0.2, 0.25) is 0 Å². The van der Waals surface area contributed by atoms with E-state index in [0.29, 0.717) is 29.0 Å². The number of rotatable bonds is 5. The van der Waals surface area contributed by atoms with E-state index >= 15 is 0 Å². The minimum atomic E-state index is -0.115. The van der Waals surface area contributed by atoms with Crippen molar-refractivity contribution < 1.29 is 9.47 Å². The summed E-state index contributed by atoms with van der Waals surface area (Å²) in [4.78, 5) is 22.2. The van der Waals surface area contributed by atoms with Gasteiger partial charge in [0.05, 0.1) is 24.1 Å². The van der Waals surface area contributed by atoms with E-state index in [4.69, 9.17) is 21.1 Å². The van der Waals surface area contributed by atoms with Crippen molar-refractivity contribution in [2.24, 2.45) is 0 Å². The second kappa shape index (κ2) is 7.97. The van der Waals surface area contributed by atoms with Gasteiger partial charge in [-0.25, -0.2) is 4.98 Å². The van der Waals surface area contributed by atoms with Crippen molar-refractivity contribution >= 4 is 44.3 Å². The molecule has 28 heavy (non-hydrogen) atoms. The third-order valence-corrected chi connectivity index (χ3v) is 6.31. The summed E-state index contributed by atoms with van der Waals surface area (Å²) < 4.78 is 10.9. The smallest absolute Gasteiger partial charge is 0.260 e. The maximum absolute atomic E-state index is 12.7. The highest BCUT2D eigenvalue weighted by Crippen LogP contribution is 2.34. The highest BCUT2D eigenvalue weighted by Gasteiger charge is 2.20. The molecule has 146 valence electrons. The maximum atomic E-state index is 12.7. The number of hydrogen-bond acceptors (Lipinski definition) is 5. The van der Waals surface area contributed by atoms with Crippen LogP contribution in [0.1, 0.15) is 41.6 Å². The van der Waals surface area contributed by atoms with Gasteiger partial charge in [-0.1, -0.05) is 17.7 Å². The molecule has 1 N–H and O–H groups in total. The standard InChI is InChI=1S/C21H21ClN2O3S/c1-3-27-16-11-12(8-9-15(16)26-2)10-14(22)19-23-20(25)18-13-6-4-5-7-17(13)28-21(18)24-19/h8-11H,3-7H2,1-2H3,(H,23,24,25)/b14-10-. The third kappa shape index (κ3) is 3.54. The third-order valence-electron chi connectivity index (χ3n) is 4.83. The van der Waals surface area contributed by atoms with Crippen LogP contribution in [0.25, 0.3) is 21.3 Å². The number of halogens is 1. The number of fused-ring (bicyclic) bond motifs is 3.